The molecule has 2 aliphatic heterocycles. The van der Waals surface area contributed by atoms with Crippen molar-refractivity contribution in [3.8, 4) is 11.5 Å². The second-order valence-electron chi connectivity index (χ2n) is 6.33. The minimum Gasteiger partial charge on any atom is -0.491 e. The number of hydrogen-bond donors (Lipinski definition) is 1. The van der Waals surface area contributed by atoms with Crippen LogP contribution in [0.4, 0.5) is 0 Å². The van der Waals surface area contributed by atoms with Gasteiger partial charge in [0.1, 0.15) is 0 Å². The molecule has 0 saturated carbocycles. The van der Waals surface area contributed by atoms with Gasteiger partial charge in [0.2, 0.25) is 0 Å². The number of hydrazone groups is 1. The first-order valence-corrected chi connectivity index (χ1v) is 9.10. The molecule has 1 N–H and O–H groups in total. The molecule has 24 heavy (non-hydrogen) atoms. The van der Waals surface area contributed by atoms with Crippen LogP contribution in [-0.4, -0.2) is 44.0 Å². The maximum atomic E-state index is 6.42. The van der Waals surface area contributed by atoms with Crippen LogP contribution in [0.1, 0.15) is 38.3 Å². The zero-order chi connectivity index (χ0) is 17.1. The second kappa shape index (κ2) is 7.62. The highest BCUT2D eigenvalue weighted by Gasteiger charge is 2.37. The monoisotopic (exact) mass is 351 g/mol. The van der Waals surface area contributed by atoms with Gasteiger partial charge < -0.3 is 19.8 Å². The highest BCUT2D eigenvalue weighted by molar-refractivity contribution is 6.32. The van der Waals surface area contributed by atoms with E-state index in [2.05, 4.69) is 22.4 Å². The molecule has 2 aliphatic rings. The Hall–Kier alpha value is -1.46. The van der Waals surface area contributed by atoms with Gasteiger partial charge in [-0.05, 0) is 37.6 Å². The largest absolute Gasteiger partial charge is 0.491 e. The molecule has 2 atom stereocenters. The zero-order valence-corrected chi connectivity index (χ0v) is 15.4. The first-order chi connectivity index (χ1) is 11.7. The van der Waals surface area contributed by atoms with Gasteiger partial charge in [-0.25, -0.2) is 0 Å². The fourth-order valence-corrected chi connectivity index (χ4v) is 3.96. The van der Waals surface area contributed by atoms with Crippen LogP contribution in [0.5, 0.6) is 11.5 Å². The van der Waals surface area contributed by atoms with Crippen molar-refractivity contribution in [3.05, 3.63) is 22.7 Å². The summed E-state index contributed by atoms with van der Waals surface area (Å²) in [7, 11) is 1.61. The van der Waals surface area contributed by atoms with E-state index >= 15 is 0 Å². The Morgan fingerprint density at radius 2 is 2.21 bits per heavy atom. The molecule has 0 spiro atoms. The van der Waals surface area contributed by atoms with E-state index in [9.17, 15) is 0 Å². The molecule has 0 amide bonds. The molecule has 0 aliphatic carbocycles. The van der Waals surface area contributed by atoms with E-state index in [1.54, 1.807) is 7.11 Å². The summed E-state index contributed by atoms with van der Waals surface area (Å²) < 4.78 is 11.1. The Labute approximate surface area is 149 Å². The molecule has 1 saturated heterocycles. The molecular weight excluding hydrogens is 326 g/mol. The maximum absolute atomic E-state index is 6.42. The predicted molar refractivity (Wildman–Crippen MR) is 97.3 cm³/mol. The first-order valence-electron chi connectivity index (χ1n) is 8.72. The normalized spacial score (nSPS) is 23.4. The quantitative estimate of drug-likeness (QED) is 0.852. The Morgan fingerprint density at radius 1 is 1.38 bits per heavy atom. The highest BCUT2D eigenvalue weighted by atomic mass is 35.5. The lowest BCUT2D eigenvalue weighted by Crippen LogP contribution is -2.42. The number of piperidine rings is 1. The van der Waals surface area contributed by atoms with E-state index in [4.69, 9.17) is 21.1 Å². The minimum atomic E-state index is 0.141. The van der Waals surface area contributed by atoms with Gasteiger partial charge in [0.15, 0.2) is 11.5 Å². The van der Waals surface area contributed by atoms with Gasteiger partial charge in [-0.3, -0.25) is 0 Å². The van der Waals surface area contributed by atoms with E-state index in [1.807, 2.05) is 19.1 Å². The third-order valence-electron chi connectivity index (χ3n) is 4.75. The van der Waals surface area contributed by atoms with Gasteiger partial charge in [0, 0.05) is 31.1 Å². The Bertz CT molecular complexity index is 621. The molecular formula is C18H26ClN3O2. The number of halogens is 1. The maximum Gasteiger partial charge on any atom is 0.179 e. The molecule has 0 radical (unpaired) electrons. The van der Waals surface area contributed by atoms with Crippen molar-refractivity contribution in [2.45, 2.75) is 32.7 Å². The average molecular weight is 352 g/mol. The molecule has 0 aromatic heterocycles. The summed E-state index contributed by atoms with van der Waals surface area (Å²) in [6.07, 6.45) is 2.22. The number of fused-ring (bicyclic) bond motifs is 1. The van der Waals surface area contributed by atoms with E-state index < -0.39 is 0 Å². The van der Waals surface area contributed by atoms with Crippen molar-refractivity contribution in [1.29, 1.82) is 0 Å². The van der Waals surface area contributed by atoms with E-state index in [0.717, 1.165) is 31.6 Å². The summed E-state index contributed by atoms with van der Waals surface area (Å²) in [6, 6.07) is 4.14. The lowest BCUT2D eigenvalue weighted by molar-refractivity contribution is 0.228. The SMILES string of the molecule is CCCN1CCC2=NNC(c3cc(Cl)c(OC)c(OCC)c3)C2C1. The van der Waals surface area contributed by atoms with E-state index in [1.165, 1.54) is 12.1 Å². The van der Waals surface area contributed by atoms with Crippen molar-refractivity contribution in [3.63, 3.8) is 0 Å². The van der Waals surface area contributed by atoms with Crippen LogP contribution in [0.15, 0.2) is 17.2 Å². The summed E-state index contributed by atoms with van der Waals surface area (Å²) in [4.78, 5) is 2.53. The Balaban J connectivity index is 1.86. The van der Waals surface area contributed by atoms with Gasteiger partial charge in [0.25, 0.3) is 0 Å². The molecule has 1 aromatic rings. The minimum absolute atomic E-state index is 0.141. The number of methoxy groups -OCH3 is 1. The number of ether oxygens (including phenoxy) is 2. The average Bonchev–Trinajstić information content (AvgIpc) is 2.98. The standard InChI is InChI=1S/C18H26ClN3O2/c1-4-7-22-8-6-15-13(11-22)17(21-20-15)12-9-14(19)18(23-3)16(10-12)24-5-2/h9-10,13,17,21H,4-8,11H2,1-3H3. The molecule has 2 unspecified atom stereocenters. The summed E-state index contributed by atoms with van der Waals surface area (Å²) in [5, 5.41) is 5.16. The number of hydrogen-bond acceptors (Lipinski definition) is 5. The fourth-order valence-electron chi connectivity index (χ4n) is 3.67. The van der Waals surface area contributed by atoms with Crippen LogP contribution < -0.4 is 14.9 Å². The van der Waals surface area contributed by atoms with E-state index in [-0.39, 0.29) is 6.04 Å². The topological polar surface area (TPSA) is 46.1 Å². The zero-order valence-electron chi connectivity index (χ0n) is 14.6. The molecule has 0 bridgehead atoms. The van der Waals surface area contributed by atoms with E-state index in [0.29, 0.717) is 29.0 Å². The Kier molecular flexibility index (Phi) is 5.51. The van der Waals surface area contributed by atoms with Crippen molar-refractivity contribution >= 4 is 17.3 Å². The first kappa shape index (κ1) is 17.4. The molecule has 132 valence electrons. The summed E-state index contributed by atoms with van der Waals surface area (Å²) in [5.74, 6) is 1.68. The smallest absolute Gasteiger partial charge is 0.179 e. The van der Waals surface area contributed by atoms with Crippen molar-refractivity contribution in [2.24, 2.45) is 11.0 Å². The third-order valence-corrected chi connectivity index (χ3v) is 5.03. The predicted octanol–water partition coefficient (Wildman–Crippen LogP) is 3.48. The number of benzene rings is 1. The lowest BCUT2D eigenvalue weighted by Gasteiger charge is -2.33. The lowest BCUT2D eigenvalue weighted by atomic mass is 9.86. The van der Waals surface area contributed by atoms with Gasteiger partial charge in [-0.1, -0.05) is 18.5 Å². The third kappa shape index (κ3) is 3.33. The molecule has 6 heteroatoms. The van der Waals surface area contributed by atoms with Gasteiger partial charge >= 0.3 is 0 Å². The van der Waals surface area contributed by atoms with Crippen LogP contribution in [0.2, 0.25) is 5.02 Å². The summed E-state index contributed by atoms with van der Waals surface area (Å²) in [6.45, 7) is 8.04. The van der Waals surface area contributed by atoms with Crippen LogP contribution >= 0.6 is 11.6 Å². The molecule has 3 rings (SSSR count). The van der Waals surface area contributed by atoms with Crippen LogP contribution in [-0.2, 0) is 0 Å². The number of likely N-dealkylation sites (tertiary alicyclic amines) is 1. The highest BCUT2D eigenvalue weighted by Crippen LogP contribution is 2.41. The van der Waals surface area contributed by atoms with Crippen LogP contribution in [0.3, 0.4) is 0 Å². The van der Waals surface area contributed by atoms with Crippen molar-refractivity contribution in [2.75, 3.05) is 33.4 Å². The van der Waals surface area contributed by atoms with Gasteiger partial charge in [-0.2, -0.15) is 5.10 Å². The molecule has 2 heterocycles. The van der Waals surface area contributed by atoms with Gasteiger partial charge in [-0.15, -0.1) is 0 Å². The summed E-state index contributed by atoms with van der Waals surface area (Å²) >= 11 is 6.42. The number of nitrogens with one attached hydrogen (secondary N) is 1. The second-order valence-corrected chi connectivity index (χ2v) is 6.74. The van der Waals surface area contributed by atoms with Crippen molar-refractivity contribution in [1.82, 2.24) is 10.3 Å². The molecule has 5 nitrogen and oxygen atoms in total. The molecule has 1 fully saturated rings. The van der Waals surface area contributed by atoms with Gasteiger partial charge in [0.05, 0.1) is 24.8 Å². The fraction of sp³-hybridized carbons (Fsp3) is 0.611. The van der Waals surface area contributed by atoms with Crippen LogP contribution in [0, 0.1) is 5.92 Å². The number of nitrogens with zero attached hydrogens (tertiary/aromatic N) is 2. The summed E-state index contributed by atoms with van der Waals surface area (Å²) in [5.41, 5.74) is 5.70. The molecule has 1 aromatic carbocycles. The number of rotatable bonds is 6. The van der Waals surface area contributed by atoms with Crippen LogP contribution in [0.25, 0.3) is 0 Å². The van der Waals surface area contributed by atoms with Crippen molar-refractivity contribution < 1.29 is 9.47 Å². The Morgan fingerprint density at radius 3 is 2.92 bits per heavy atom.